The molecule has 1 aromatic rings. The first kappa shape index (κ1) is 20.6. The average molecular weight is 409 g/mol. The van der Waals surface area contributed by atoms with Gasteiger partial charge in [0.05, 0.1) is 4.90 Å². The minimum absolute atomic E-state index is 0.00336. The number of carbonyl (C=O) groups is 2. The van der Waals surface area contributed by atoms with Crippen LogP contribution in [0.1, 0.15) is 40.0 Å². The fraction of sp³-hybridized carbons (Fsp3) is 0.600. The number of carbonyl (C=O) groups excluding carboxylic acids is 2. The predicted octanol–water partition coefficient (Wildman–Crippen LogP) is 2.84. The van der Waals surface area contributed by atoms with Crippen molar-refractivity contribution in [2.24, 2.45) is 5.41 Å². The molecule has 0 saturated carbocycles. The molecule has 0 N–H and O–H groups in total. The van der Waals surface area contributed by atoms with Crippen LogP contribution in [0.3, 0.4) is 0 Å². The standard InChI is InChI=1S/C20H28N2O5S/c1-19(2,3)27-18(24)21-10-8-20(9-11-21)13-17(23)22(14-20)15-6-5-7-16(12-15)28(4,25)26/h5-7,12H,8-11,13-14H2,1-4H3. The summed E-state index contributed by atoms with van der Waals surface area (Å²) in [5.74, 6) is -0.00336. The van der Waals surface area contributed by atoms with Crippen LogP contribution in [-0.4, -0.2) is 56.8 Å². The largest absolute Gasteiger partial charge is 0.444 e. The molecule has 28 heavy (non-hydrogen) atoms. The fourth-order valence-corrected chi connectivity index (χ4v) is 4.50. The first-order valence-corrected chi connectivity index (χ1v) is 11.4. The van der Waals surface area contributed by atoms with Gasteiger partial charge >= 0.3 is 6.09 Å². The van der Waals surface area contributed by atoms with E-state index in [2.05, 4.69) is 0 Å². The van der Waals surface area contributed by atoms with E-state index in [9.17, 15) is 18.0 Å². The number of benzene rings is 1. The topological polar surface area (TPSA) is 84.0 Å². The van der Waals surface area contributed by atoms with E-state index < -0.39 is 15.4 Å². The Kier molecular flexibility index (Phi) is 5.20. The number of piperidine rings is 1. The van der Waals surface area contributed by atoms with E-state index in [0.29, 0.717) is 31.7 Å². The third-order valence-electron chi connectivity index (χ3n) is 5.35. The number of anilines is 1. The van der Waals surface area contributed by atoms with Gasteiger partial charge < -0.3 is 14.5 Å². The van der Waals surface area contributed by atoms with E-state index in [0.717, 1.165) is 19.1 Å². The Labute approximate surface area is 166 Å². The summed E-state index contributed by atoms with van der Waals surface area (Å²) in [5.41, 5.74) is -0.104. The zero-order valence-electron chi connectivity index (χ0n) is 16.9. The minimum Gasteiger partial charge on any atom is -0.444 e. The van der Waals surface area contributed by atoms with Crippen molar-refractivity contribution >= 4 is 27.5 Å². The lowest BCUT2D eigenvalue weighted by Crippen LogP contribution is -2.46. The van der Waals surface area contributed by atoms with Crippen LogP contribution in [-0.2, 0) is 19.4 Å². The Hall–Kier alpha value is -2.09. The van der Waals surface area contributed by atoms with E-state index in [1.54, 1.807) is 28.0 Å². The van der Waals surface area contributed by atoms with E-state index in [1.807, 2.05) is 20.8 Å². The molecule has 2 aliphatic heterocycles. The normalized spacial score (nSPS) is 19.9. The van der Waals surface area contributed by atoms with Crippen molar-refractivity contribution in [2.75, 3.05) is 30.8 Å². The van der Waals surface area contributed by atoms with Crippen molar-refractivity contribution in [2.45, 2.75) is 50.5 Å². The quantitative estimate of drug-likeness (QED) is 0.751. The zero-order chi connectivity index (χ0) is 20.7. The second-order valence-corrected chi connectivity index (χ2v) is 10.9. The van der Waals surface area contributed by atoms with Crippen LogP contribution in [0, 0.1) is 5.41 Å². The molecule has 1 aromatic carbocycles. The van der Waals surface area contributed by atoms with Gasteiger partial charge in [-0.3, -0.25) is 4.79 Å². The van der Waals surface area contributed by atoms with E-state index in [1.165, 1.54) is 6.07 Å². The van der Waals surface area contributed by atoms with Crippen LogP contribution >= 0.6 is 0 Å². The molecule has 0 atom stereocenters. The monoisotopic (exact) mass is 408 g/mol. The molecule has 3 rings (SSSR count). The summed E-state index contributed by atoms with van der Waals surface area (Å²) in [5, 5.41) is 0. The summed E-state index contributed by atoms with van der Waals surface area (Å²) < 4.78 is 29.1. The molecule has 2 saturated heterocycles. The van der Waals surface area contributed by atoms with E-state index in [-0.39, 0.29) is 22.3 Å². The number of rotatable bonds is 2. The number of nitrogens with zero attached hydrogens (tertiary/aromatic N) is 2. The zero-order valence-corrected chi connectivity index (χ0v) is 17.7. The Morgan fingerprint density at radius 3 is 2.39 bits per heavy atom. The van der Waals surface area contributed by atoms with Gasteiger partial charge in [-0.2, -0.15) is 0 Å². The molecule has 0 unspecified atom stereocenters. The van der Waals surface area contributed by atoms with Crippen molar-refractivity contribution in [3.8, 4) is 0 Å². The third kappa shape index (κ3) is 4.48. The van der Waals surface area contributed by atoms with Crippen molar-refractivity contribution in [1.82, 2.24) is 4.90 Å². The fourth-order valence-electron chi connectivity index (χ4n) is 3.84. The molecule has 0 aromatic heterocycles. The van der Waals surface area contributed by atoms with Gasteiger partial charge in [0.15, 0.2) is 9.84 Å². The maximum absolute atomic E-state index is 12.7. The number of amides is 2. The molecule has 0 bridgehead atoms. The summed E-state index contributed by atoms with van der Waals surface area (Å²) in [7, 11) is -3.33. The van der Waals surface area contributed by atoms with Crippen LogP contribution in [0.5, 0.6) is 0 Å². The first-order valence-electron chi connectivity index (χ1n) is 9.47. The molecular weight excluding hydrogens is 380 g/mol. The number of ether oxygens (including phenoxy) is 1. The van der Waals surface area contributed by atoms with Crippen molar-refractivity contribution < 1.29 is 22.7 Å². The first-order chi connectivity index (χ1) is 12.9. The molecule has 0 radical (unpaired) electrons. The molecule has 2 aliphatic rings. The lowest BCUT2D eigenvalue weighted by atomic mass is 9.78. The van der Waals surface area contributed by atoms with Gasteiger partial charge in [-0.1, -0.05) is 6.07 Å². The van der Waals surface area contributed by atoms with Gasteiger partial charge in [-0.05, 0) is 51.8 Å². The summed E-state index contributed by atoms with van der Waals surface area (Å²) in [6, 6.07) is 6.52. The van der Waals surface area contributed by atoms with Gasteiger partial charge in [0, 0.05) is 43.4 Å². The van der Waals surface area contributed by atoms with Crippen molar-refractivity contribution in [3.63, 3.8) is 0 Å². The predicted molar refractivity (Wildman–Crippen MR) is 106 cm³/mol. The molecule has 2 heterocycles. The van der Waals surface area contributed by atoms with Crippen LogP contribution < -0.4 is 4.90 Å². The Morgan fingerprint density at radius 1 is 1.18 bits per heavy atom. The maximum Gasteiger partial charge on any atom is 0.410 e. The Balaban J connectivity index is 1.70. The molecule has 154 valence electrons. The number of hydrogen-bond donors (Lipinski definition) is 0. The second kappa shape index (κ2) is 7.06. The SMILES string of the molecule is CC(C)(C)OC(=O)N1CCC2(CC1)CC(=O)N(c1cccc(S(C)(=O)=O)c1)C2. The van der Waals surface area contributed by atoms with Crippen LogP contribution in [0.25, 0.3) is 0 Å². The number of sulfone groups is 1. The number of likely N-dealkylation sites (tertiary alicyclic amines) is 1. The van der Waals surface area contributed by atoms with Gasteiger partial charge in [0.2, 0.25) is 5.91 Å². The molecule has 8 heteroatoms. The van der Waals surface area contributed by atoms with Gasteiger partial charge in [0.25, 0.3) is 0 Å². The summed E-state index contributed by atoms with van der Waals surface area (Å²) >= 11 is 0. The molecule has 0 aliphatic carbocycles. The third-order valence-corrected chi connectivity index (χ3v) is 6.46. The molecule has 2 amide bonds. The van der Waals surface area contributed by atoms with Crippen LogP contribution in [0.2, 0.25) is 0 Å². The van der Waals surface area contributed by atoms with Crippen molar-refractivity contribution in [1.29, 1.82) is 0 Å². The highest BCUT2D eigenvalue weighted by molar-refractivity contribution is 7.90. The summed E-state index contributed by atoms with van der Waals surface area (Å²) in [6.45, 7) is 7.18. The second-order valence-electron chi connectivity index (χ2n) is 8.89. The van der Waals surface area contributed by atoms with Gasteiger partial charge in [-0.25, -0.2) is 13.2 Å². The summed E-state index contributed by atoms with van der Waals surface area (Å²) in [6.07, 6.45) is 2.70. The maximum atomic E-state index is 12.7. The molecule has 1 spiro atoms. The highest BCUT2D eigenvalue weighted by atomic mass is 32.2. The van der Waals surface area contributed by atoms with Gasteiger partial charge in [0.1, 0.15) is 5.60 Å². The lowest BCUT2D eigenvalue weighted by Gasteiger charge is -2.39. The smallest absolute Gasteiger partial charge is 0.410 e. The van der Waals surface area contributed by atoms with E-state index >= 15 is 0 Å². The highest BCUT2D eigenvalue weighted by Gasteiger charge is 2.46. The molecular formula is C20H28N2O5S. The van der Waals surface area contributed by atoms with Crippen LogP contribution in [0.4, 0.5) is 10.5 Å². The molecule has 7 nitrogen and oxygen atoms in total. The average Bonchev–Trinajstić information content (AvgIpc) is 2.89. The van der Waals surface area contributed by atoms with Crippen LogP contribution in [0.15, 0.2) is 29.2 Å². The number of hydrogen-bond acceptors (Lipinski definition) is 5. The molecule has 2 fully saturated rings. The lowest BCUT2D eigenvalue weighted by molar-refractivity contribution is -0.118. The highest BCUT2D eigenvalue weighted by Crippen LogP contribution is 2.43. The minimum atomic E-state index is -3.33. The Bertz CT molecular complexity index is 880. The van der Waals surface area contributed by atoms with Gasteiger partial charge in [-0.15, -0.1) is 0 Å². The van der Waals surface area contributed by atoms with E-state index in [4.69, 9.17) is 4.74 Å². The Morgan fingerprint density at radius 2 is 1.82 bits per heavy atom. The van der Waals surface area contributed by atoms with Crippen molar-refractivity contribution in [3.05, 3.63) is 24.3 Å². The summed E-state index contributed by atoms with van der Waals surface area (Å²) in [4.78, 5) is 28.5.